The van der Waals surface area contributed by atoms with Crippen molar-refractivity contribution in [3.63, 3.8) is 0 Å². The molecule has 1 aliphatic rings. The highest BCUT2D eigenvalue weighted by Crippen LogP contribution is 2.17. The van der Waals surface area contributed by atoms with Gasteiger partial charge in [0.05, 0.1) is 4.90 Å². The molecule has 11 heteroatoms. The summed E-state index contributed by atoms with van der Waals surface area (Å²) in [5.74, 6) is -1.30. The molecule has 0 spiro atoms. The van der Waals surface area contributed by atoms with Gasteiger partial charge in [0, 0.05) is 12.5 Å². The average Bonchev–Trinajstić information content (AvgIpc) is 2.70. The smallest absolute Gasteiger partial charge is 0.256 e. The number of thiocarbonyl (C=S) groups is 1. The van der Waals surface area contributed by atoms with Gasteiger partial charge in [-0.15, -0.1) is 0 Å². The van der Waals surface area contributed by atoms with Crippen molar-refractivity contribution in [2.45, 2.75) is 68.8 Å². The number of primary amides is 1. The summed E-state index contributed by atoms with van der Waals surface area (Å²) in [6.07, 6.45) is 5.24. The first-order valence-electron chi connectivity index (χ1n) is 9.91. The number of rotatable bonds is 8. The first-order chi connectivity index (χ1) is 14.2. The van der Waals surface area contributed by atoms with E-state index in [-0.39, 0.29) is 28.9 Å². The molecule has 1 fully saturated rings. The molecular formula is C19H29N5O4S2. The van der Waals surface area contributed by atoms with Crippen LogP contribution in [0.15, 0.2) is 29.2 Å². The van der Waals surface area contributed by atoms with Crippen LogP contribution >= 0.6 is 12.2 Å². The molecule has 30 heavy (non-hydrogen) atoms. The molecule has 0 heterocycles. The molecule has 2 amide bonds. The lowest BCUT2D eigenvalue weighted by Gasteiger charge is -2.25. The van der Waals surface area contributed by atoms with E-state index in [9.17, 15) is 18.0 Å². The fraction of sp³-hybridized carbons (Fsp3) is 0.526. The van der Waals surface area contributed by atoms with Crippen LogP contribution in [0.3, 0.4) is 0 Å². The average molecular weight is 456 g/mol. The molecular weight excluding hydrogens is 426 g/mol. The zero-order valence-corrected chi connectivity index (χ0v) is 18.6. The predicted octanol–water partition coefficient (Wildman–Crippen LogP) is 0.735. The highest BCUT2D eigenvalue weighted by atomic mass is 32.2. The monoisotopic (exact) mass is 455 g/mol. The molecule has 0 saturated heterocycles. The van der Waals surface area contributed by atoms with Crippen molar-refractivity contribution in [1.82, 2.24) is 20.9 Å². The molecule has 6 N–H and O–H groups in total. The Kier molecular flexibility index (Phi) is 9.00. The Balaban J connectivity index is 1.98. The molecule has 0 bridgehead atoms. The van der Waals surface area contributed by atoms with E-state index in [1.54, 1.807) is 12.1 Å². The van der Waals surface area contributed by atoms with Gasteiger partial charge >= 0.3 is 0 Å². The van der Waals surface area contributed by atoms with Gasteiger partial charge in [0.15, 0.2) is 5.11 Å². The van der Waals surface area contributed by atoms with E-state index in [1.165, 1.54) is 18.6 Å². The van der Waals surface area contributed by atoms with Gasteiger partial charge in [-0.1, -0.05) is 37.0 Å². The third kappa shape index (κ3) is 7.88. The van der Waals surface area contributed by atoms with Crippen molar-refractivity contribution in [2.75, 3.05) is 0 Å². The Labute approximate surface area is 182 Å². The summed E-state index contributed by atoms with van der Waals surface area (Å²) >= 11 is 5.19. The van der Waals surface area contributed by atoms with Crippen molar-refractivity contribution in [1.29, 1.82) is 0 Å². The Bertz CT molecular complexity index is 852. The minimum Gasteiger partial charge on any atom is -0.370 e. The minimum atomic E-state index is -3.97. The largest absolute Gasteiger partial charge is 0.370 e. The summed E-state index contributed by atoms with van der Waals surface area (Å²) in [5, 5.41) is 3.39. The normalized spacial score (nSPS) is 15.8. The van der Waals surface area contributed by atoms with Crippen LogP contribution in [-0.4, -0.2) is 37.4 Å². The second-order valence-electron chi connectivity index (χ2n) is 7.41. The number of hydrogen-bond acceptors (Lipinski definition) is 5. The zero-order chi connectivity index (χ0) is 22.1. The molecule has 1 aromatic carbocycles. The number of carbonyl (C=O) groups is 2. The number of hydrogen-bond donors (Lipinski definition) is 5. The van der Waals surface area contributed by atoms with Crippen LogP contribution in [0.5, 0.6) is 0 Å². The lowest BCUT2D eigenvalue weighted by Crippen LogP contribution is -2.55. The lowest BCUT2D eigenvalue weighted by molar-refractivity contribution is -0.123. The van der Waals surface area contributed by atoms with Crippen molar-refractivity contribution < 1.29 is 18.0 Å². The third-order valence-corrected chi connectivity index (χ3v) is 6.57. The molecule has 1 atom stereocenters. The Morgan fingerprint density at radius 3 is 2.37 bits per heavy atom. The summed E-state index contributed by atoms with van der Waals surface area (Å²) in [4.78, 5) is 23.8. The second kappa shape index (κ2) is 11.2. The van der Waals surface area contributed by atoms with Gasteiger partial charge in [-0.3, -0.25) is 20.4 Å². The lowest BCUT2D eigenvalue weighted by atomic mass is 9.96. The fourth-order valence-electron chi connectivity index (χ4n) is 3.18. The molecule has 0 radical (unpaired) electrons. The van der Waals surface area contributed by atoms with E-state index in [4.69, 9.17) is 18.0 Å². The quantitative estimate of drug-likeness (QED) is 0.287. The summed E-state index contributed by atoms with van der Waals surface area (Å²) in [7, 11) is -3.97. The number of carbonyl (C=O) groups excluding carboxylic acids is 2. The van der Waals surface area contributed by atoms with Gasteiger partial charge < -0.3 is 11.1 Å². The van der Waals surface area contributed by atoms with Gasteiger partial charge in [-0.2, -0.15) is 4.72 Å². The summed E-state index contributed by atoms with van der Waals surface area (Å²) in [6, 6.07) is 5.26. The van der Waals surface area contributed by atoms with E-state index >= 15 is 0 Å². The maximum atomic E-state index is 12.6. The molecule has 2 rings (SSSR count). The molecule has 0 aliphatic heterocycles. The van der Waals surface area contributed by atoms with Crippen LogP contribution in [0.4, 0.5) is 0 Å². The van der Waals surface area contributed by atoms with E-state index in [0.717, 1.165) is 31.2 Å². The first-order valence-corrected chi connectivity index (χ1v) is 11.8. The third-order valence-electron chi connectivity index (χ3n) is 4.86. The molecule has 1 aromatic rings. The SMILES string of the molecule is Cc1ccc(S(=O)(=O)N[C@@H](CCC(N)=O)C(=O)NNC(=S)NC2CCCCC2)cc1. The van der Waals surface area contributed by atoms with Crippen molar-refractivity contribution in [3.8, 4) is 0 Å². The molecule has 9 nitrogen and oxygen atoms in total. The highest BCUT2D eigenvalue weighted by molar-refractivity contribution is 7.89. The van der Waals surface area contributed by atoms with Gasteiger partial charge in [-0.25, -0.2) is 8.42 Å². The van der Waals surface area contributed by atoms with E-state index in [1.807, 2.05) is 6.92 Å². The van der Waals surface area contributed by atoms with E-state index < -0.39 is 27.9 Å². The van der Waals surface area contributed by atoms with Crippen molar-refractivity contribution >= 4 is 39.2 Å². The van der Waals surface area contributed by atoms with Gasteiger partial charge in [0.25, 0.3) is 5.91 Å². The first kappa shape index (κ1) is 24.0. The van der Waals surface area contributed by atoms with E-state index in [0.29, 0.717) is 0 Å². The summed E-state index contributed by atoms with van der Waals surface area (Å²) in [6.45, 7) is 1.84. The second-order valence-corrected chi connectivity index (χ2v) is 9.54. The minimum absolute atomic E-state index is 0.0208. The van der Waals surface area contributed by atoms with Crippen LogP contribution in [0, 0.1) is 6.92 Å². The molecule has 1 saturated carbocycles. The number of aryl methyl sites for hydroxylation is 1. The Morgan fingerprint density at radius 1 is 1.13 bits per heavy atom. The summed E-state index contributed by atoms with van der Waals surface area (Å²) in [5.41, 5.74) is 11.1. The summed E-state index contributed by atoms with van der Waals surface area (Å²) < 4.78 is 27.6. The maximum absolute atomic E-state index is 12.6. The van der Waals surface area contributed by atoms with Crippen molar-refractivity contribution in [2.24, 2.45) is 5.73 Å². The standard InChI is InChI=1S/C19H29N5O4S2/c1-13-7-9-15(10-8-13)30(27,28)24-16(11-12-17(20)25)18(26)22-23-19(29)21-14-5-3-2-4-6-14/h7-10,14,16,24H,2-6,11-12H2,1H3,(H2,20,25)(H,22,26)(H2,21,23,29)/t16-/m0/s1. The van der Waals surface area contributed by atoms with Crippen LogP contribution < -0.4 is 26.6 Å². The van der Waals surface area contributed by atoms with Crippen LogP contribution in [0.25, 0.3) is 0 Å². The molecule has 0 aromatic heterocycles. The fourth-order valence-corrected chi connectivity index (χ4v) is 4.62. The molecule has 166 valence electrons. The Hall–Kier alpha value is -2.24. The van der Waals surface area contributed by atoms with Crippen LogP contribution in [0.2, 0.25) is 0 Å². The van der Waals surface area contributed by atoms with Gasteiger partial charge in [-0.05, 0) is 50.5 Å². The molecule has 0 unspecified atom stereocenters. The highest BCUT2D eigenvalue weighted by Gasteiger charge is 2.26. The van der Waals surface area contributed by atoms with Crippen LogP contribution in [0.1, 0.15) is 50.5 Å². The number of amides is 2. The number of nitrogens with two attached hydrogens (primary N) is 1. The van der Waals surface area contributed by atoms with Crippen molar-refractivity contribution in [3.05, 3.63) is 29.8 Å². The molecule has 1 aliphatic carbocycles. The number of nitrogens with one attached hydrogen (secondary N) is 4. The maximum Gasteiger partial charge on any atom is 0.256 e. The Morgan fingerprint density at radius 2 is 1.77 bits per heavy atom. The van der Waals surface area contributed by atoms with Gasteiger partial charge in [0.1, 0.15) is 6.04 Å². The topological polar surface area (TPSA) is 142 Å². The van der Waals surface area contributed by atoms with E-state index in [2.05, 4.69) is 20.9 Å². The van der Waals surface area contributed by atoms with Crippen LogP contribution in [-0.2, 0) is 19.6 Å². The number of sulfonamides is 1. The number of hydrazine groups is 1. The zero-order valence-electron chi connectivity index (χ0n) is 16.9. The predicted molar refractivity (Wildman–Crippen MR) is 118 cm³/mol. The number of benzene rings is 1. The van der Waals surface area contributed by atoms with Gasteiger partial charge in [0.2, 0.25) is 15.9 Å².